The van der Waals surface area contributed by atoms with Gasteiger partial charge in [-0.25, -0.2) is 4.18 Å². The van der Waals surface area contributed by atoms with Crippen LogP contribution in [0.15, 0.2) is 30.3 Å². The molecule has 138 valence electrons. The van der Waals surface area contributed by atoms with Crippen LogP contribution in [0.25, 0.3) is 0 Å². The van der Waals surface area contributed by atoms with Gasteiger partial charge in [0.2, 0.25) is 6.29 Å². The topological polar surface area (TPSA) is 52.6 Å². The fourth-order valence-electron chi connectivity index (χ4n) is 1.43. The van der Waals surface area contributed by atoms with Gasteiger partial charge in [-0.2, -0.15) is 39.2 Å². The Labute approximate surface area is 132 Å². The minimum atomic E-state index is -6.65. The van der Waals surface area contributed by atoms with Crippen LogP contribution in [0.5, 0.6) is 0 Å². The quantitative estimate of drug-likeness (QED) is 0.411. The van der Waals surface area contributed by atoms with Crippen molar-refractivity contribution < 1.29 is 48.1 Å². The monoisotopic (exact) mass is 384 g/mol. The van der Waals surface area contributed by atoms with Crippen molar-refractivity contribution in [2.75, 3.05) is 6.26 Å². The first-order valence-electron chi connectivity index (χ1n) is 6.04. The Balaban J connectivity index is 3.12. The van der Waals surface area contributed by atoms with Gasteiger partial charge in [0.1, 0.15) is 0 Å². The fraction of sp³-hybridized carbons (Fsp3) is 0.500. The third-order valence-corrected chi connectivity index (χ3v) is 3.10. The number of halogens is 7. The van der Waals surface area contributed by atoms with Crippen LogP contribution >= 0.6 is 0 Å². The highest BCUT2D eigenvalue weighted by Gasteiger charge is 2.77. The van der Waals surface area contributed by atoms with Gasteiger partial charge in [-0.3, -0.25) is 0 Å². The molecule has 0 bridgehead atoms. The molecule has 1 aromatic rings. The van der Waals surface area contributed by atoms with Crippen molar-refractivity contribution >= 4 is 10.1 Å². The number of benzene rings is 1. The van der Waals surface area contributed by atoms with Crippen molar-refractivity contribution in [3.8, 4) is 0 Å². The summed E-state index contributed by atoms with van der Waals surface area (Å²) in [6.07, 6.45) is -10.1. The zero-order chi connectivity index (χ0) is 18.8. The first kappa shape index (κ1) is 20.6. The van der Waals surface area contributed by atoms with E-state index in [1.54, 1.807) is 0 Å². The summed E-state index contributed by atoms with van der Waals surface area (Å²) < 4.78 is 120. The zero-order valence-corrected chi connectivity index (χ0v) is 12.7. The molecule has 12 heteroatoms. The predicted molar refractivity (Wildman–Crippen MR) is 66.9 cm³/mol. The summed E-state index contributed by atoms with van der Waals surface area (Å²) in [6, 6.07) is 6.91. The summed E-state index contributed by atoms with van der Waals surface area (Å²) in [6.45, 7) is -0.884. The molecule has 1 aromatic carbocycles. The van der Waals surface area contributed by atoms with E-state index in [0.29, 0.717) is 0 Å². The molecule has 1 atom stereocenters. The Hall–Kier alpha value is -1.40. The molecule has 0 aliphatic rings. The average molecular weight is 384 g/mol. The van der Waals surface area contributed by atoms with Gasteiger partial charge in [-0.05, 0) is 5.56 Å². The molecule has 0 aliphatic carbocycles. The van der Waals surface area contributed by atoms with E-state index in [9.17, 15) is 39.2 Å². The van der Waals surface area contributed by atoms with Gasteiger partial charge >= 0.3 is 18.0 Å². The lowest BCUT2D eigenvalue weighted by atomic mass is 10.1. The van der Waals surface area contributed by atoms with Gasteiger partial charge in [0.25, 0.3) is 10.1 Å². The number of hydrogen-bond acceptors (Lipinski definition) is 4. The summed E-state index contributed by atoms with van der Waals surface area (Å²) in [7, 11) is -4.82. The van der Waals surface area contributed by atoms with Crippen molar-refractivity contribution in [2.45, 2.75) is 30.9 Å². The molecule has 0 radical (unpaired) electrons. The van der Waals surface area contributed by atoms with Gasteiger partial charge in [-0.15, -0.1) is 0 Å². The zero-order valence-electron chi connectivity index (χ0n) is 11.9. The van der Waals surface area contributed by atoms with E-state index in [2.05, 4.69) is 8.92 Å². The van der Waals surface area contributed by atoms with Crippen molar-refractivity contribution in [3.05, 3.63) is 35.9 Å². The highest BCUT2D eigenvalue weighted by Crippen LogP contribution is 2.49. The van der Waals surface area contributed by atoms with Crippen LogP contribution in [-0.2, 0) is 25.6 Å². The van der Waals surface area contributed by atoms with E-state index in [1.807, 2.05) is 0 Å². The minimum Gasteiger partial charge on any atom is -0.341 e. The molecule has 0 unspecified atom stereocenters. The van der Waals surface area contributed by atoms with Crippen LogP contribution < -0.4 is 0 Å². The van der Waals surface area contributed by atoms with E-state index < -0.39 is 41.0 Å². The normalized spacial score (nSPS) is 15.3. The summed E-state index contributed by atoms with van der Waals surface area (Å²) in [5.74, 6) is -12.6. The fourth-order valence-corrected chi connectivity index (χ4v) is 1.93. The van der Waals surface area contributed by atoms with Gasteiger partial charge in [0.15, 0.2) is 0 Å². The van der Waals surface area contributed by atoms with Crippen LogP contribution in [0.3, 0.4) is 0 Å². The van der Waals surface area contributed by atoms with Crippen LogP contribution in [0.1, 0.15) is 5.56 Å². The first-order chi connectivity index (χ1) is 10.7. The number of rotatable bonds is 7. The van der Waals surface area contributed by atoms with Gasteiger partial charge < -0.3 is 4.74 Å². The summed E-state index contributed by atoms with van der Waals surface area (Å²) in [4.78, 5) is 0. The molecule has 0 saturated heterocycles. The second-order valence-electron chi connectivity index (χ2n) is 4.62. The summed E-state index contributed by atoms with van der Waals surface area (Å²) >= 11 is 0. The van der Waals surface area contributed by atoms with E-state index in [0.717, 1.165) is 0 Å². The summed E-state index contributed by atoms with van der Waals surface area (Å²) in [5, 5.41) is 0. The van der Waals surface area contributed by atoms with E-state index >= 15 is 0 Å². The molecule has 4 nitrogen and oxygen atoms in total. The molecular formula is C12H11F7O4S. The lowest BCUT2D eigenvalue weighted by Gasteiger charge is -2.32. The Kier molecular flexibility index (Phi) is 5.89. The smallest absolute Gasteiger partial charge is 0.341 e. The molecule has 0 fully saturated rings. The largest absolute Gasteiger partial charge is 0.460 e. The second-order valence-corrected chi connectivity index (χ2v) is 6.22. The predicted octanol–water partition coefficient (Wildman–Crippen LogP) is 3.34. The SMILES string of the molecule is CS(=O)(=O)O[C@H](OCc1ccccc1)C(F)(F)C(F)(F)C(F)(F)F. The number of alkyl halides is 7. The highest BCUT2D eigenvalue weighted by molar-refractivity contribution is 7.86. The van der Waals surface area contributed by atoms with E-state index in [-0.39, 0.29) is 11.8 Å². The second kappa shape index (κ2) is 6.84. The third kappa shape index (κ3) is 4.80. The lowest BCUT2D eigenvalue weighted by molar-refractivity contribution is -0.392. The standard InChI is InChI=1S/C12H11F7O4S/c1-24(20,21)23-9(22-7-8-5-3-2-4-6-8)10(13,14)11(15,16)12(17,18)19/h2-6,9H,7H2,1H3/t9-/m0/s1. The molecule has 1 rings (SSSR count). The molecule has 0 saturated carbocycles. The molecule has 0 aromatic heterocycles. The van der Waals surface area contributed by atoms with Gasteiger partial charge in [-0.1, -0.05) is 30.3 Å². The maximum atomic E-state index is 13.6. The van der Waals surface area contributed by atoms with Crippen LogP contribution in [0.2, 0.25) is 0 Å². The Morgan fingerprint density at radius 3 is 1.92 bits per heavy atom. The minimum absolute atomic E-state index is 0.116. The maximum Gasteiger partial charge on any atom is 0.460 e. The lowest BCUT2D eigenvalue weighted by Crippen LogP contribution is -2.59. The van der Waals surface area contributed by atoms with Gasteiger partial charge in [0.05, 0.1) is 12.9 Å². The molecule has 24 heavy (non-hydrogen) atoms. The average Bonchev–Trinajstić information content (AvgIpc) is 2.41. The van der Waals surface area contributed by atoms with Crippen molar-refractivity contribution in [1.29, 1.82) is 0 Å². The highest BCUT2D eigenvalue weighted by atomic mass is 32.2. The Morgan fingerprint density at radius 2 is 1.50 bits per heavy atom. The van der Waals surface area contributed by atoms with Crippen LogP contribution in [0, 0.1) is 0 Å². The van der Waals surface area contributed by atoms with Crippen molar-refractivity contribution in [2.24, 2.45) is 0 Å². The molecule has 0 aliphatic heterocycles. The molecule has 0 spiro atoms. The Morgan fingerprint density at radius 1 is 1.00 bits per heavy atom. The molecule has 0 amide bonds. The number of ether oxygens (including phenoxy) is 1. The molecule has 0 N–H and O–H groups in total. The molecular weight excluding hydrogens is 373 g/mol. The molecule has 0 heterocycles. The van der Waals surface area contributed by atoms with Crippen molar-refractivity contribution in [3.63, 3.8) is 0 Å². The van der Waals surface area contributed by atoms with Gasteiger partial charge in [0, 0.05) is 0 Å². The first-order valence-corrected chi connectivity index (χ1v) is 7.86. The van der Waals surface area contributed by atoms with Crippen LogP contribution in [-0.4, -0.2) is 39.0 Å². The third-order valence-electron chi connectivity index (χ3n) is 2.58. The van der Waals surface area contributed by atoms with Crippen LogP contribution in [0.4, 0.5) is 30.7 Å². The van der Waals surface area contributed by atoms with Crippen molar-refractivity contribution in [1.82, 2.24) is 0 Å². The number of hydrogen-bond donors (Lipinski definition) is 0. The Bertz CT molecular complexity index is 643. The van der Waals surface area contributed by atoms with E-state index in [4.69, 9.17) is 0 Å². The van der Waals surface area contributed by atoms with E-state index in [1.165, 1.54) is 30.3 Å². The maximum absolute atomic E-state index is 13.6. The summed E-state index contributed by atoms with van der Waals surface area (Å²) in [5.41, 5.74) is 0.116.